The van der Waals surface area contributed by atoms with E-state index in [4.69, 9.17) is 5.11 Å². The van der Waals surface area contributed by atoms with Gasteiger partial charge in [-0.2, -0.15) is 0 Å². The van der Waals surface area contributed by atoms with Crippen LogP contribution in [0.3, 0.4) is 0 Å². The van der Waals surface area contributed by atoms with Crippen molar-refractivity contribution in [3.8, 4) is 0 Å². The van der Waals surface area contributed by atoms with E-state index in [9.17, 15) is 9.59 Å². The minimum absolute atomic E-state index is 0.225. The van der Waals surface area contributed by atoms with Crippen LogP contribution in [-0.2, 0) is 0 Å². The van der Waals surface area contributed by atoms with Crippen LogP contribution in [0, 0.1) is 0 Å². The molecule has 1 rings (SSSR count). The van der Waals surface area contributed by atoms with Crippen LogP contribution in [0.15, 0.2) is 16.0 Å². The highest BCUT2D eigenvalue weighted by molar-refractivity contribution is 7.99. The molecule has 0 bridgehead atoms. The second-order valence-corrected chi connectivity index (χ2v) is 4.47. The fraction of sp³-hybridized carbons (Fsp3) is 0.375. The predicted octanol–water partition coefficient (Wildman–Crippen LogP) is 0.969. The number of hydrogen-bond acceptors (Lipinski definition) is 4. The Hall–Kier alpha value is -1.30. The number of aromatic carboxylic acids is 1. The highest BCUT2D eigenvalue weighted by Crippen LogP contribution is 2.16. The van der Waals surface area contributed by atoms with Crippen molar-refractivity contribution in [3.63, 3.8) is 0 Å². The summed E-state index contributed by atoms with van der Waals surface area (Å²) in [6.45, 7) is 3.86. The van der Waals surface area contributed by atoms with Crippen molar-refractivity contribution in [2.45, 2.75) is 24.3 Å². The van der Waals surface area contributed by atoms with Crippen molar-refractivity contribution in [1.29, 1.82) is 0 Å². The van der Waals surface area contributed by atoms with E-state index < -0.39 is 11.5 Å². The average Bonchev–Trinajstić information content (AvgIpc) is 2.01. The summed E-state index contributed by atoms with van der Waals surface area (Å²) >= 11 is 1.31. The Morgan fingerprint density at radius 3 is 2.79 bits per heavy atom. The minimum atomic E-state index is -1.19. The maximum Gasteiger partial charge on any atom is 0.354 e. The number of thioether (sulfide) groups is 1. The van der Waals surface area contributed by atoms with Crippen molar-refractivity contribution in [3.05, 3.63) is 22.1 Å². The third-order valence-corrected chi connectivity index (χ3v) is 2.17. The van der Waals surface area contributed by atoms with Gasteiger partial charge < -0.3 is 10.1 Å². The first-order valence-corrected chi connectivity index (χ1v) is 4.88. The Bertz CT molecular complexity index is 400. The summed E-state index contributed by atoms with van der Waals surface area (Å²) in [5, 5.41) is 9.22. The summed E-state index contributed by atoms with van der Waals surface area (Å²) in [6.07, 6.45) is 0. The van der Waals surface area contributed by atoms with Crippen LogP contribution in [0.25, 0.3) is 0 Å². The molecule has 1 aromatic rings. The number of H-pyrrole nitrogens is 1. The minimum Gasteiger partial charge on any atom is -0.477 e. The molecule has 0 amide bonds. The van der Waals surface area contributed by atoms with E-state index in [0.29, 0.717) is 5.16 Å². The molecule has 0 aliphatic rings. The van der Waals surface area contributed by atoms with E-state index in [0.717, 1.165) is 6.07 Å². The second-order valence-electron chi connectivity index (χ2n) is 2.91. The van der Waals surface area contributed by atoms with Crippen molar-refractivity contribution in [2.24, 2.45) is 0 Å². The highest BCUT2D eigenvalue weighted by atomic mass is 32.2. The number of carboxylic acids is 1. The number of carbonyl (C=O) groups is 1. The first kappa shape index (κ1) is 10.8. The van der Waals surface area contributed by atoms with E-state index in [-0.39, 0.29) is 10.9 Å². The summed E-state index contributed by atoms with van der Waals surface area (Å²) < 4.78 is 0. The van der Waals surface area contributed by atoms with Gasteiger partial charge in [0.25, 0.3) is 5.56 Å². The van der Waals surface area contributed by atoms with Crippen LogP contribution < -0.4 is 5.56 Å². The van der Waals surface area contributed by atoms with Crippen LogP contribution in [-0.4, -0.2) is 26.3 Å². The fourth-order valence-corrected chi connectivity index (χ4v) is 1.58. The van der Waals surface area contributed by atoms with Gasteiger partial charge in [0.15, 0.2) is 10.9 Å². The van der Waals surface area contributed by atoms with Gasteiger partial charge in [-0.05, 0) is 0 Å². The zero-order valence-corrected chi connectivity index (χ0v) is 8.59. The number of nitrogens with zero attached hydrogens (tertiary/aromatic N) is 1. The lowest BCUT2D eigenvalue weighted by molar-refractivity contribution is 0.0689. The van der Waals surface area contributed by atoms with E-state index >= 15 is 0 Å². The van der Waals surface area contributed by atoms with Gasteiger partial charge in [0.2, 0.25) is 0 Å². The Morgan fingerprint density at radius 1 is 1.64 bits per heavy atom. The Morgan fingerprint density at radius 2 is 2.29 bits per heavy atom. The van der Waals surface area contributed by atoms with Gasteiger partial charge in [-0.15, -0.1) is 0 Å². The van der Waals surface area contributed by atoms with E-state index in [1.807, 2.05) is 13.8 Å². The number of aromatic nitrogens is 2. The molecule has 1 aromatic heterocycles. The summed E-state index contributed by atoms with van der Waals surface area (Å²) in [7, 11) is 0. The molecule has 0 radical (unpaired) electrons. The molecule has 0 aliphatic heterocycles. The highest BCUT2D eigenvalue weighted by Gasteiger charge is 2.09. The first-order valence-electron chi connectivity index (χ1n) is 4.00. The van der Waals surface area contributed by atoms with Crippen LogP contribution >= 0.6 is 11.8 Å². The molecule has 0 spiro atoms. The van der Waals surface area contributed by atoms with Gasteiger partial charge in [0, 0.05) is 11.3 Å². The number of hydrogen-bond donors (Lipinski definition) is 2. The van der Waals surface area contributed by atoms with Gasteiger partial charge in [0.05, 0.1) is 0 Å². The molecule has 0 saturated heterocycles. The lowest BCUT2D eigenvalue weighted by atomic mass is 10.4. The molecule has 6 heteroatoms. The van der Waals surface area contributed by atoms with Gasteiger partial charge in [-0.3, -0.25) is 4.79 Å². The molecule has 14 heavy (non-hydrogen) atoms. The molecular weight excluding hydrogens is 204 g/mol. The van der Waals surface area contributed by atoms with Crippen molar-refractivity contribution in [1.82, 2.24) is 9.97 Å². The van der Waals surface area contributed by atoms with Crippen molar-refractivity contribution in [2.75, 3.05) is 0 Å². The van der Waals surface area contributed by atoms with Crippen LogP contribution in [0.2, 0.25) is 0 Å². The third kappa shape index (κ3) is 2.88. The van der Waals surface area contributed by atoms with E-state index in [1.165, 1.54) is 11.8 Å². The van der Waals surface area contributed by atoms with Crippen LogP contribution in [0.4, 0.5) is 0 Å². The second kappa shape index (κ2) is 4.28. The number of nitrogens with one attached hydrogen (secondary N) is 1. The standard InChI is InChI=1S/C8H10N2O3S/c1-4(2)14-8-9-5(7(12)13)3-6(11)10-8/h3-4H,1-2H3,(H,12,13)(H,9,10,11). The number of aromatic amines is 1. The summed E-state index contributed by atoms with van der Waals surface area (Å²) in [4.78, 5) is 27.8. The summed E-state index contributed by atoms with van der Waals surface area (Å²) in [5.41, 5.74) is -0.669. The molecule has 0 unspecified atom stereocenters. The molecule has 0 fully saturated rings. The molecule has 1 heterocycles. The molecule has 2 N–H and O–H groups in total. The normalized spacial score (nSPS) is 10.5. The maximum atomic E-state index is 11.0. The molecule has 5 nitrogen and oxygen atoms in total. The lowest BCUT2D eigenvalue weighted by Crippen LogP contribution is -2.13. The smallest absolute Gasteiger partial charge is 0.354 e. The number of carboxylic acid groups (broad SMARTS) is 1. The Balaban J connectivity index is 3.07. The Kier molecular flexibility index (Phi) is 3.29. The first-order chi connectivity index (χ1) is 6.49. The van der Waals surface area contributed by atoms with Gasteiger partial charge in [0.1, 0.15) is 0 Å². The fourth-order valence-electron chi connectivity index (χ4n) is 0.824. The van der Waals surface area contributed by atoms with Crippen LogP contribution in [0.5, 0.6) is 0 Å². The van der Waals surface area contributed by atoms with Crippen molar-refractivity contribution >= 4 is 17.7 Å². The SMILES string of the molecule is CC(C)Sc1nc(C(=O)O)cc(=O)[nH]1. The van der Waals surface area contributed by atoms with Crippen LogP contribution in [0.1, 0.15) is 24.3 Å². The zero-order valence-electron chi connectivity index (χ0n) is 7.77. The predicted molar refractivity (Wildman–Crippen MR) is 52.8 cm³/mol. The molecule has 0 aliphatic carbocycles. The van der Waals surface area contributed by atoms with Gasteiger partial charge >= 0.3 is 5.97 Å². The van der Waals surface area contributed by atoms with Crippen molar-refractivity contribution < 1.29 is 9.90 Å². The molecular formula is C8H10N2O3S. The third-order valence-electron chi connectivity index (χ3n) is 1.29. The maximum absolute atomic E-state index is 11.0. The number of rotatable bonds is 3. The van der Waals surface area contributed by atoms with Gasteiger partial charge in [-0.25, -0.2) is 9.78 Å². The molecule has 0 atom stereocenters. The lowest BCUT2D eigenvalue weighted by Gasteiger charge is -2.03. The average molecular weight is 214 g/mol. The largest absolute Gasteiger partial charge is 0.477 e. The zero-order chi connectivity index (χ0) is 10.7. The molecule has 0 aromatic carbocycles. The van der Waals surface area contributed by atoms with E-state index in [1.54, 1.807) is 0 Å². The topological polar surface area (TPSA) is 83.0 Å². The van der Waals surface area contributed by atoms with Gasteiger partial charge in [-0.1, -0.05) is 25.6 Å². The monoisotopic (exact) mass is 214 g/mol. The Labute approximate surface area is 84.6 Å². The summed E-state index contributed by atoms with van der Waals surface area (Å²) in [5.74, 6) is -1.19. The quantitative estimate of drug-likeness (QED) is 0.578. The summed E-state index contributed by atoms with van der Waals surface area (Å²) in [6, 6.07) is 0.965. The molecule has 76 valence electrons. The van der Waals surface area contributed by atoms with E-state index in [2.05, 4.69) is 9.97 Å². The molecule has 0 saturated carbocycles.